The topological polar surface area (TPSA) is 31.6 Å². The minimum Gasteiger partial charge on any atom is -0.463 e. The van der Waals surface area contributed by atoms with E-state index < -0.39 is 0 Å². The molecule has 1 aliphatic rings. The monoisotopic (exact) mass is 265 g/mol. The van der Waals surface area contributed by atoms with Gasteiger partial charge in [0.05, 0.1) is 13.1 Å². The van der Waals surface area contributed by atoms with Gasteiger partial charge in [0.15, 0.2) is 0 Å². The Hall–Kier alpha value is -0.840. The molecule has 1 aliphatic heterocycles. The third-order valence-electron chi connectivity index (χ3n) is 3.98. The van der Waals surface area contributed by atoms with Crippen LogP contribution in [0.15, 0.2) is 16.5 Å². The molecule has 1 atom stereocenters. The first-order chi connectivity index (χ1) is 9.22. The quantitative estimate of drug-likeness (QED) is 0.851. The summed E-state index contributed by atoms with van der Waals surface area (Å²) in [7, 11) is 2.23. The van der Waals surface area contributed by atoms with E-state index >= 15 is 0 Å². The van der Waals surface area contributed by atoms with Crippen LogP contribution in [0.4, 0.5) is 0 Å². The highest BCUT2D eigenvalue weighted by Crippen LogP contribution is 2.15. The molecule has 1 N–H and O–H groups in total. The average molecular weight is 265 g/mol. The summed E-state index contributed by atoms with van der Waals surface area (Å²) < 4.78 is 5.87. The molecular weight excluding hydrogens is 238 g/mol. The van der Waals surface area contributed by atoms with Gasteiger partial charge in [-0.05, 0) is 32.1 Å². The highest BCUT2D eigenvalue weighted by atomic mass is 16.3. The predicted molar refractivity (Wildman–Crippen MR) is 78.1 cm³/mol. The van der Waals surface area contributed by atoms with E-state index in [0.717, 1.165) is 50.8 Å². The smallest absolute Gasteiger partial charge is 0.118 e. The second-order valence-electron chi connectivity index (χ2n) is 5.43. The standard InChI is InChI=1S/C15H27N3O/c1-4-13-11-18(9-8-17(13)3)12-15-7-6-14(19-15)10-16-5-2/h6-7,13,16H,4-5,8-12H2,1-3H3. The molecule has 0 saturated carbocycles. The number of rotatable bonds is 6. The van der Waals surface area contributed by atoms with Crippen molar-refractivity contribution >= 4 is 0 Å². The van der Waals surface area contributed by atoms with Crippen molar-refractivity contribution in [2.24, 2.45) is 0 Å². The van der Waals surface area contributed by atoms with Crippen LogP contribution in [0.3, 0.4) is 0 Å². The Kier molecular flexibility index (Phi) is 5.43. The zero-order valence-electron chi connectivity index (χ0n) is 12.5. The SMILES string of the molecule is CCNCc1ccc(CN2CCN(C)C(CC)C2)o1. The molecule has 1 fully saturated rings. The fourth-order valence-electron chi connectivity index (χ4n) is 2.67. The molecule has 1 saturated heterocycles. The Morgan fingerprint density at radius 2 is 2.05 bits per heavy atom. The third-order valence-corrected chi connectivity index (χ3v) is 3.98. The summed E-state index contributed by atoms with van der Waals surface area (Å²) in [4.78, 5) is 4.97. The number of nitrogens with one attached hydrogen (secondary N) is 1. The van der Waals surface area contributed by atoms with E-state index in [1.54, 1.807) is 0 Å². The van der Waals surface area contributed by atoms with Crippen LogP contribution in [0, 0.1) is 0 Å². The second kappa shape index (κ2) is 7.08. The minimum absolute atomic E-state index is 0.685. The number of piperazine rings is 1. The van der Waals surface area contributed by atoms with Gasteiger partial charge in [-0.15, -0.1) is 0 Å². The number of hydrogen-bond donors (Lipinski definition) is 1. The van der Waals surface area contributed by atoms with E-state index in [9.17, 15) is 0 Å². The van der Waals surface area contributed by atoms with Crippen LogP contribution in [-0.2, 0) is 13.1 Å². The second-order valence-corrected chi connectivity index (χ2v) is 5.43. The molecule has 4 heteroatoms. The van der Waals surface area contributed by atoms with Crippen molar-refractivity contribution in [1.29, 1.82) is 0 Å². The molecule has 2 heterocycles. The fraction of sp³-hybridized carbons (Fsp3) is 0.733. The summed E-state index contributed by atoms with van der Waals surface area (Å²) in [5.41, 5.74) is 0. The zero-order chi connectivity index (χ0) is 13.7. The number of nitrogens with zero attached hydrogens (tertiary/aromatic N) is 2. The summed E-state index contributed by atoms with van der Waals surface area (Å²) in [5, 5.41) is 3.29. The van der Waals surface area contributed by atoms with Crippen LogP contribution in [0.2, 0.25) is 0 Å². The van der Waals surface area contributed by atoms with Crippen LogP contribution >= 0.6 is 0 Å². The van der Waals surface area contributed by atoms with Gasteiger partial charge < -0.3 is 14.6 Å². The normalized spacial score (nSPS) is 21.9. The maximum Gasteiger partial charge on any atom is 0.118 e. The Morgan fingerprint density at radius 3 is 2.79 bits per heavy atom. The van der Waals surface area contributed by atoms with Gasteiger partial charge in [-0.3, -0.25) is 4.90 Å². The molecule has 4 nitrogen and oxygen atoms in total. The Bertz CT molecular complexity index is 377. The molecule has 108 valence electrons. The summed E-state index contributed by atoms with van der Waals surface area (Å²) in [6, 6.07) is 4.89. The summed E-state index contributed by atoms with van der Waals surface area (Å²) in [6.45, 7) is 10.6. The maximum atomic E-state index is 5.87. The third kappa shape index (κ3) is 4.06. The molecule has 0 spiro atoms. The Morgan fingerprint density at radius 1 is 1.26 bits per heavy atom. The molecule has 1 aromatic rings. The van der Waals surface area contributed by atoms with E-state index in [2.05, 4.69) is 48.1 Å². The van der Waals surface area contributed by atoms with Crippen LogP contribution in [-0.4, -0.2) is 49.1 Å². The van der Waals surface area contributed by atoms with Crippen molar-refractivity contribution in [1.82, 2.24) is 15.1 Å². The molecule has 0 aliphatic carbocycles. The summed E-state index contributed by atoms with van der Waals surface area (Å²) in [5.74, 6) is 2.13. The van der Waals surface area contributed by atoms with Gasteiger partial charge in [0, 0.05) is 25.7 Å². The van der Waals surface area contributed by atoms with E-state index in [-0.39, 0.29) is 0 Å². The van der Waals surface area contributed by atoms with Gasteiger partial charge in [0.2, 0.25) is 0 Å². The Balaban J connectivity index is 1.85. The Labute approximate surface area is 116 Å². The molecule has 2 rings (SSSR count). The van der Waals surface area contributed by atoms with Crippen molar-refractivity contribution in [3.05, 3.63) is 23.7 Å². The molecule has 0 amide bonds. The average Bonchev–Trinajstić information content (AvgIpc) is 2.86. The fourth-order valence-corrected chi connectivity index (χ4v) is 2.67. The first kappa shape index (κ1) is 14.6. The van der Waals surface area contributed by atoms with Crippen molar-refractivity contribution in [3.8, 4) is 0 Å². The number of likely N-dealkylation sites (N-methyl/N-ethyl adjacent to an activating group) is 1. The highest BCUT2D eigenvalue weighted by molar-refractivity contribution is 5.07. The highest BCUT2D eigenvalue weighted by Gasteiger charge is 2.23. The first-order valence-corrected chi connectivity index (χ1v) is 7.43. The van der Waals surface area contributed by atoms with Gasteiger partial charge >= 0.3 is 0 Å². The van der Waals surface area contributed by atoms with E-state index in [1.165, 1.54) is 6.42 Å². The van der Waals surface area contributed by atoms with Gasteiger partial charge in [-0.1, -0.05) is 13.8 Å². The lowest BCUT2D eigenvalue weighted by molar-refractivity contribution is 0.0832. The van der Waals surface area contributed by atoms with Crippen LogP contribution in [0.1, 0.15) is 31.8 Å². The van der Waals surface area contributed by atoms with E-state index in [1.807, 2.05) is 0 Å². The van der Waals surface area contributed by atoms with Gasteiger partial charge in [-0.2, -0.15) is 0 Å². The number of hydrogen-bond acceptors (Lipinski definition) is 4. The van der Waals surface area contributed by atoms with Crippen LogP contribution in [0.25, 0.3) is 0 Å². The van der Waals surface area contributed by atoms with Crippen molar-refractivity contribution in [3.63, 3.8) is 0 Å². The lowest BCUT2D eigenvalue weighted by atomic mass is 10.1. The summed E-state index contributed by atoms with van der Waals surface area (Å²) in [6.07, 6.45) is 1.22. The van der Waals surface area contributed by atoms with Gasteiger partial charge in [0.25, 0.3) is 0 Å². The van der Waals surface area contributed by atoms with Crippen molar-refractivity contribution in [2.45, 2.75) is 39.4 Å². The number of furan rings is 1. The minimum atomic E-state index is 0.685. The lowest BCUT2D eigenvalue weighted by Crippen LogP contribution is -2.50. The zero-order valence-corrected chi connectivity index (χ0v) is 12.5. The summed E-state index contributed by atoms with van der Waals surface area (Å²) >= 11 is 0. The first-order valence-electron chi connectivity index (χ1n) is 7.43. The van der Waals surface area contributed by atoms with Gasteiger partial charge in [0.1, 0.15) is 11.5 Å². The molecule has 1 unspecified atom stereocenters. The lowest BCUT2D eigenvalue weighted by Gasteiger charge is -2.38. The molecular formula is C15H27N3O. The largest absolute Gasteiger partial charge is 0.463 e. The molecule has 0 bridgehead atoms. The van der Waals surface area contributed by atoms with Crippen molar-refractivity contribution in [2.75, 3.05) is 33.2 Å². The molecule has 19 heavy (non-hydrogen) atoms. The van der Waals surface area contributed by atoms with E-state index in [4.69, 9.17) is 4.42 Å². The van der Waals surface area contributed by atoms with Crippen LogP contribution < -0.4 is 5.32 Å². The maximum absolute atomic E-state index is 5.87. The predicted octanol–water partition coefficient (Wildman–Crippen LogP) is 1.92. The van der Waals surface area contributed by atoms with Crippen LogP contribution in [0.5, 0.6) is 0 Å². The van der Waals surface area contributed by atoms with Gasteiger partial charge in [-0.25, -0.2) is 0 Å². The molecule has 0 radical (unpaired) electrons. The van der Waals surface area contributed by atoms with Crippen molar-refractivity contribution < 1.29 is 4.42 Å². The van der Waals surface area contributed by atoms with E-state index in [0.29, 0.717) is 6.04 Å². The molecule has 1 aromatic heterocycles. The molecule has 0 aromatic carbocycles.